The zero-order chi connectivity index (χ0) is 23.4. The van der Waals surface area contributed by atoms with Crippen LogP contribution in [0, 0.1) is 27.7 Å². The van der Waals surface area contributed by atoms with Crippen LogP contribution in [0.25, 0.3) is 21.5 Å². The molecule has 4 nitrogen and oxygen atoms in total. The van der Waals surface area contributed by atoms with Gasteiger partial charge >= 0.3 is 0 Å². The molecule has 0 bridgehead atoms. The van der Waals surface area contributed by atoms with Gasteiger partial charge in [-0.15, -0.1) is 11.3 Å². The van der Waals surface area contributed by atoms with Crippen LogP contribution in [-0.4, -0.2) is 22.8 Å². The molecule has 1 aliphatic rings. The van der Waals surface area contributed by atoms with Gasteiger partial charge in [-0.3, -0.25) is 4.79 Å². The van der Waals surface area contributed by atoms with Crippen LogP contribution in [0.2, 0.25) is 5.02 Å². The Morgan fingerprint density at radius 1 is 1.18 bits per heavy atom. The molecule has 1 unspecified atom stereocenters. The van der Waals surface area contributed by atoms with Crippen molar-refractivity contribution >= 4 is 45.9 Å². The highest BCUT2D eigenvalue weighted by molar-refractivity contribution is 7.16. The Bertz CT molecular complexity index is 1430. The summed E-state index contributed by atoms with van der Waals surface area (Å²) in [4.78, 5) is 25.3. The number of aryl methyl sites for hydroxylation is 4. The highest BCUT2D eigenvalue weighted by Crippen LogP contribution is 2.47. The summed E-state index contributed by atoms with van der Waals surface area (Å²) in [5.41, 5.74) is 9.25. The van der Waals surface area contributed by atoms with Crippen LogP contribution in [0.15, 0.2) is 42.5 Å². The Kier molecular flexibility index (Phi) is 5.42. The number of aromatic nitrogens is 2. The van der Waals surface area contributed by atoms with E-state index >= 15 is 0 Å². The number of imidazole rings is 1. The number of carbonyl (C=O) groups excluding carboxylic acids is 1. The van der Waals surface area contributed by atoms with E-state index in [9.17, 15) is 4.79 Å². The minimum Gasteiger partial charge on any atom is -0.356 e. The van der Waals surface area contributed by atoms with E-state index in [1.54, 1.807) is 11.3 Å². The van der Waals surface area contributed by atoms with Crippen LogP contribution >= 0.6 is 22.9 Å². The first kappa shape index (κ1) is 21.9. The summed E-state index contributed by atoms with van der Waals surface area (Å²) in [6, 6.07) is 10.3. The van der Waals surface area contributed by atoms with Crippen molar-refractivity contribution in [2.45, 2.75) is 40.2 Å². The fourth-order valence-electron chi connectivity index (χ4n) is 4.76. The minimum absolute atomic E-state index is 0.0114. The van der Waals surface area contributed by atoms with Crippen molar-refractivity contribution in [1.29, 1.82) is 0 Å². The van der Waals surface area contributed by atoms with Crippen molar-refractivity contribution < 1.29 is 4.79 Å². The first-order chi connectivity index (χ1) is 15.8. The third-order valence-corrected chi connectivity index (χ3v) is 8.26. The summed E-state index contributed by atoms with van der Waals surface area (Å²) in [6.07, 6.45) is 1.79. The van der Waals surface area contributed by atoms with Gasteiger partial charge in [-0.2, -0.15) is 0 Å². The van der Waals surface area contributed by atoms with Crippen LogP contribution < -0.4 is 4.90 Å². The lowest BCUT2D eigenvalue weighted by Crippen LogP contribution is -2.24. The quantitative estimate of drug-likeness (QED) is 0.245. The number of anilines is 1. The van der Waals surface area contributed by atoms with Gasteiger partial charge in [0.2, 0.25) is 0 Å². The van der Waals surface area contributed by atoms with E-state index in [-0.39, 0.29) is 6.04 Å². The molecule has 5 rings (SSSR count). The zero-order valence-corrected chi connectivity index (χ0v) is 20.8. The average Bonchev–Trinajstić information content (AvgIpc) is 3.47. The lowest BCUT2D eigenvalue weighted by Gasteiger charge is -2.25. The third kappa shape index (κ3) is 3.60. The van der Waals surface area contributed by atoms with Crippen LogP contribution in [0.4, 0.5) is 5.69 Å². The standard InChI is InChI=1S/C27H26ClN3OS/c1-14-10-23(27-29-22-9-8-21(28)17(4)24(22)30-27)31(12-14)25-18(5)33-26(20(25)13-32)19-7-6-15(2)16(3)11-19/h6-9,11,13,23H,1,10,12H2,2-5H3,(H,29,30). The number of fused-ring (bicyclic) bond motifs is 1. The van der Waals surface area contributed by atoms with Crippen molar-refractivity contribution in [1.82, 2.24) is 9.97 Å². The Labute approximate surface area is 202 Å². The number of hydrogen-bond acceptors (Lipinski definition) is 4. The molecule has 2 aromatic carbocycles. The SMILES string of the molecule is C=C1CC(c2nc3c(C)c(Cl)ccc3[nH]2)N(c2c(C)sc(-c3ccc(C)c(C)c3)c2C=O)C1. The maximum Gasteiger partial charge on any atom is 0.153 e. The van der Waals surface area contributed by atoms with Gasteiger partial charge in [0.25, 0.3) is 0 Å². The number of benzene rings is 2. The molecule has 6 heteroatoms. The van der Waals surface area contributed by atoms with Crippen molar-refractivity contribution in [2.24, 2.45) is 0 Å². The molecule has 1 saturated heterocycles. The number of nitrogens with zero attached hydrogens (tertiary/aromatic N) is 2. The summed E-state index contributed by atoms with van der Waals surface area (Å²) in [5, 5.41) is 0.711. The van der Waals surface area contributed by atoms with E-state index in [0.29, 0.717) is 11.6 Å². The summed E-state index contributed by atoms with van der Waals surface area (Å²) in [7, 11) is 0. The van der Waals surface area contributed by atoms with Crippen LogP contribution in [0.1, 0.15) is 50.2 Å². The normalized spacial score (nSPS) is 16.2. The molecule has 168 valence electrons. The lowest BCUT2D eigenvalue weighted by molar-refractivity contribution is 0.112. The maximum absolute atomic E-state index is 12.4. The van der Waals surface area contributed by atoms with E-state index in [1.165, 1.54) is 11.1 Å². The molecule has 0 spiro atoms. The van der Waals surface area contributed by atoms with Crippen LogP contribution in [-0.2, 0) is 0 Å². The molecular weight excluding hydrogens is 450 g/mol. The van der Waals surface area contributed by atoms with Gasteiger partial charge in [0, 0.05) is 21.3 Å². The molecular formula is C27H26ClN3OS. The predicted molar refractivity (Wildman–Crippen MR) is 139 cm³/mol. The lowest BCUT2D eigenvalue weighted by atomic mass is 10.0. The Morgan fingerprint density at radius 3 is 2.70 bits per heavy atom. The number of carbonyl (C=O) groups is 1. The minimum atomic E-state index is -0.0114. The van der Waals surface area contributed by atoms with E-state index in [0.717, 1.165) is 67.3 Å². The molecule has 0 aliphatic carbocycles. The highest BCUT2D eigenvalue weighted by atomic mass is 35.5. The van der Waals surface area contributed by atoms with E-state index in [1.807, 2.05) is 19.1 Å². The van der Waals surface area contributed by atoms with Crippen molar-refractivity contribution in [2.75, 3.05) is 11.4 Å². The Balaban J connectivity index is 1.63. The topological polar surface area (TPSA) is 49.0 Å². The first-order valence-electron chi connectivity index (χ1n) is 11.0. The number of rotatable bonds is 4. The predicted octanol–water partition coefficient (Wildman–Crippen LogP) is 7.50. The van der Waals surface area contributed by atoms with Gasteiger partial charge in [0.1, 0.15) is 5.82 Å². The molecule has 0 saturated carbocycles. The van der Waals surface area contributed by atoms with Gasteiger partial charge in [0.05, 0.1) is 28.3 Å². The van der Waals surface area contributed by atoms with E-state index in [4.69, 9.17) is 16.6 Å². The summed E-state index contributed by atoms with van der Waals surface area (Å²) in [6.45, 7) is 13.3. The second-order valence-corrected chi connectivity index (χ2v) is 10.6. The number of hydrogen-bond donors (Lipinski definition) is 1. The molecule has 0 radical (unpaired) electrons. The van der Waals surface area contributed by atoms with Gasteiger partial charge in [-0.25, -0.2) is 4.98 Å². The molecule has 2 aromatic heterocycles. The summed E-state index contributed by atoms with van der Waals surface area (Å²) in [5.74, 6) is 0.879. The summed E-state index contributed by atoms with van der Waals surface area (Å²) < 4.78 is 0. The molecule has 1 N–H and O–H groups in total. The van der Waals surface area contributed by atoms with Gasteiger partial charge in [-0.05, 0) is 68.5 Å². The van der Waals surface area contributed by atoms with Crippen molar-refractivity contribution in [3.63, 3.8) is 0 Å². The number of aromatic amines is 1. The van der Waals surface area contributed by atoms with Crippen molar-refractivity contribution in [3.8, 4) is 10.4 Å². The second-order valence-electron chi connectivity index (χ2n) is 8.95. The molecule has 0 amide bonds. The van der Waals surface area contributed by atoms with Crippen molar-refractivity contribution in [3.05, 3.63) is 80.5 Å². The molecule has 4 aromatic rings. The van der Waals surface area contributed by atoms with Gasteiger partial charge in [0.15, 0.2) is 6.29 Å². The van der Waals surface area contributed by atoms with E-state index in [2.05, 4.69) is 55.4 Å². The largest absolute Gasteiger partial charge is 0.356 e. The number of halogens is 1. The smallest absolute Gasteiger partial charge is 0.153 e. The van der Waals surface area contributed by atoms with Crippen LogP contribution in [0.3, 0.4) is 0 Å². The average molecular weight is 476 g/mol. The van der Waals surface area contributed by atoms with Gasteiger partial charge < -0.3 is 9.88 Å². The molecule has 1 fully saturated rings. The second kappa shape index (κ2) is 8.15. The van der Waals surface area contributed by atoms with Gasteiger partial charge in [-0.1, -0.05) is 42.0 Å². The summed E-state index contributed by atoms with van der Waals surface area (Å²) >= 11 is 8.01. The molecule has 33 heavy (non-hydrogen) atoms. The Morgan fingerprint density at radius 2 is 1.97 bits per heavy atom. The first-order valence-corrected chi connectivity index (χ1v) is 12.2. The fraction of sp³-hybridized carbons (Fsp3) is 0.259. The number of H-pyrrole nitrogens is 1. The van der Waals surface area contributed by atoms with Crippen LogP contribution in [0.5, 0.6) is 0 Å². The molecule has 3 heterocycles. The van der Waals surface area contributed by atoms with E-state index < -0.39 is 0 Å². The molecule has 1 atom stereocenters. The highest BCUT2D eigenvalue weighted by Gasteiger charge is 2.35. The number of aldehydes is 1. The Hall–Kier alpha value is -2.89. The number of thiophene rings is 1. The fourth-order valence-corrected chi connectivity index (χ4v) is 6.04. The monoisotopic (exact) mass is 475 g/mol. The molecule has 1 aliphatic heterocycles. The third-order valence-electron chi connectivity index (χ3n) is 6.69. The zero-order valence-electron chi connectivity index (χ0n) is 19.3. The maximum atomic E-state index is 12.4. The number of nitrogens with one attached hydrogen (secondary N) is 1.